The van der Waals surface area contributed by atoms with E-state index < -0.39 is 24.1 Å². The van der Waals surface area contributed by atoms with Crippen LogP contribution in [0, 0.1) is 5.92 Å². The van der Waals surface area contributed by atoms with Crippen molar-refractivity contribution >= 4 is 23.7 Å². The average molecular weight is 487 g/mol. The number of piperazine rings is 2. The summed E-state index contributed by atoms with van der Waals surface area (Å²) in [5.41, 5.74) is 1.05. The highest BCUT2D eigenvalue weighted by Crippen LogP contribution is 2.25. The lowest BCUT2D eigenvalue weighted by atomic mass is 9.97. The van der Waals surface area contributed by atoms with E-state index in [4.69, 9.17) is 9.57 Å². The molecular weight excluding hydrogens is 452 g/mol. The van der Waals surface area contributed by atoms with Gasteiger partial charge in [-0.25, -0.2) is 9.59 Å². The van der Waals surface area contributed by atoms with Crippen LogP contribution in [0.15, 0.2) is 24.3 Å². The van der Waals surface area contributed by atoms with Crippen molar-refractivity contribution in [3.05, 3.63) is 24.3 Å². The first-order chi connectivity index (χ1) is 17.0. The number of hydroxylamine groups is 2. The number of rotatable bonds is 5. The van der Waals surface area contributed by atoms with E-state index in [0.717, 1.165) is 50.5 Å². The van der Waals surface area contributed by atoms with E-state index in [0.29, 0.717) is 50.2 Å². The van der Waals surface area contributed by atoms with Crippen molar-refractivity contribution < 1.29 is 24.0 Å². The summed E-state index contributed by atoms with van der Waals surface area (Å²) in [6.07, 6.45) is 1.60. The molecule has 1 N–H and O–H groups in total. The number of methoxy groups -OCH3 is 1. The standard InChI is InChI=1S/C24H34N6O5/c1-34-20-4-2-19(3-5-20)27-11-13-28(14-12-27)24(33)35-30-22(31)21-17-26(10-15-29(21)23(30)32)16-18-6-8-25-9-7-18/h2-5,18,21,25H,6-17H2,1H3. The molecule has 4 aliphatic rings. The number of nitrogens with one attached hydrogen (secondary N) is 1. The lowest BCUT2D eigenvalue weighted by molar-refractivity contribution is -0.152. The highest BCUT2D eigenvalue weighted by atomic mass is 16.7. The Hall–Kier alpha value is -3.05. The van der Waals surface area contributed by atoms with Crippen molar-refractivity contribution in [1.82, 2.24) is 25.1 Å². The summed E-state index contributed by atoms with van der Waals surface area (Å²) in [6.45, 7) is 6.83. The van der Waals surface area contributed by atoms with Gasteiger partial charge in [0.1, 0.15) is 11.8 Å². The van der Waals surface area contributed by atoms with E-state index in [1.165, 1.54) is 4.90 Å². The number of benzene rings is 1. The first kappa shape index (κ1) is 23.7. The molecule has 0 aromatic heterocycles. The Balaban J connectivity index is 1.13. The minimum atomic E-state index is -0.660. The zero-order chi connectivity index (χ0) is 24.4. The molecule has 11 nitrogen and oxygen atoms in total. The van der Waals surface area contributed by atoms with E-state index in [-0.39, 0.29) is 0 Å². The number of carbonyl (C=O) groups excluding carboxylic acids is 3. The van der Waals surface area contributed by atoms with Crippen LogP contribution in [0.3, 0.4) is 0 Å². The van der Waals surface area contributed by atoms with Gasteiger partial charge in [0.25, 0.3) is 5.91 Å². The lowest BCUT2D eigenvalue weighted by Crippen LogP contribution is -2.54. The molecule has 0 spiro atoms. The molecule has 1 aromatic rings. The highest BCUT2D eigenvalue weighted by Gasteiger charge is 2.50. The van der Waals surface area contributed by atoms with Crippen LogP contribution in [0.2, 0.25) is 0 Å². The normalized spacial score (nSPS) is 24.1. The van der Waals surface area contributed by atoms with Gasteiger partial charge < -0.3 is 29.6 Å². The van der Waals surface area contributed by atoms with E-state index in [1.807, 2.05) is 24.3 Å². The van der Waals surface area contributed by atoms with Gasteiger partial charge >= 0.3 is 12.1 Å². The number of imide groups is 1. The molecule has 1 aromatic carbocycles. The summed E-state index contributed by atoms with van der Waals surface area (Å²) >= 11 is 0. The summed E-state index contributed by atoms with van der Waals surface area (Å²) in [5.74, 6) is 0.956. The van der Waals surface area contributed by atoms with Crippen molar-refractivity contribution in [2.75, 3.05) is 77.5 Å². The Bertz CT molecular complexity index is 929. The smallest absolute Gasteiger partial charge is 0.434 e. The molecule has 1 atom stereocenters. The molecule has 11 heteroatoms. The molecule has 35 heavy (non-hydrogen) atoms. The third-order valence-corrected chi connectivity index (χ3v) is 7.49. The number of hydrogen-bond donors (Lipinski definition) is 1. The molecule has 0 bridgehead atoms. The van der Waals surface area contributed by atoms with E-state index >= 15 is 0 Å². The quantitative estimate of drug-likeness (QED) is 0.611. The number of carbonyl (C=O) groups is 3. The fraction of sp³-hybridized carbons (Fsp3) is 0.625. The van der Waals surface area contributed by atoms with E-state index in [1.54, 1.807) is 12.0 Å². The Morgan fingerprint density at radius 3 is 2.40 bits per heavy atom. The van der Waals surface area contributed by atoms with Gasteiger partial charge in [-0.05, 0) is 56.1 Å². The van der Waals surface area contributed by atoms with Crippen LogP contribution >= 0.6 is 0 Å². The SMILES string of the molecule is COc1ccc(N2CCN(C(=O)ON3C(=O)C4CN(CC5CCNCC5)CCN4C3=O)CC2)cc1. The van der Waals surface area contributed by atoms with Gasteiger partial charge in [0.15, 0.2) is 0 Å². The fourth-order valence-corrected chi connectivity index (χ4v) is 5.38. The maximum Gasteiger partial charge on any atom is 0.434 e. The first-order valence-corrected chi connectivity index (χ1v) is 12.5. The third-order valence-electron chi connectivity index (χ3n) is 7.49. The maximum absolute atomic E-state index is 13.0. The van der Waals surface area contributed by atoms with Crippen LogP contribution in [-0.2, 0) is 9.63 Å². The molecule has 4 saturated heterocycles. The van der Waals surface area contributed by atoms with Crippen LogP contribution in [0.25, 0.3) is 0 Å². The first-order valence-electron chi connectivity index (χ1n) is 12.5. The molecule has 190 valence electrons. The molecule has 4 aliphatic heterocycles. The van der Waals surface area contributed by atoms with Crippen molar-refractivity contribution in [2.45, 2.75) is 18.9 Å². The summed E-state index contributed by atoms with van der Waals surface area (Å²) in [7, 11) is 1.63. The molecule has 0 aliphatic carbocycles. The van der Waals surface area contributed by atoms with Crippen LogP contribution in [-0.4, -0.2) is 116 Å². The second-order valence-electron chi connectivity index (χ2n) is 9.61. The topological polar surface area (TPSA) is 97.9 Å². The number of hydrogen-bond acceptors (Lipinski definition) is 8. The molecule has 0 radical (unpaired) electrons. The summed E-state index contributed by atoms with van der Waals surface area (Å²) in [4.78, 5) is 51.5. The van der Waals surface area contributed by atoms with Gasteiger partial charge in [0, 0.05) is 58.0 Å². The van der Waals surface area contributed by atoms with E-state index in [2.05, 4.69) is 15.1 Å². The number of ether oxygens (including phenoxy) is 1. The summed E-state index contributed by atoms with van der Waals surface area (Å²) in [5, 5.41) is 4.05. The second-order valence-corrected chi connectivity index (χ2v) is 9.61. The molecule has 1 unspecified atom stereocenters. The molecule has 5 rings (SSSR count). The van der Waals surface area contributed by atoms with Gasteiger partial charge in [-0.3, -0.25) is 9.69 Å². The van der Waals surface area contributed by atoms with Crippen molar-refractivity contribution in [3.63, 3.8) is 0 Å². The predicted molar refractivity (Wildman–Crippen MR) is 128 cm³/mol. The van der Waals surface area contributed by atoms with Crippen molar-refractivity contribution in [3.8, 4) is 5.75 Å². The van der Waals surface area contributed by atoms with Crippen LogP contribution in [0.4, 0.5) is 15.3 Å². The molecule has 0 saturated carbocycles. The average Bonchev–Trinajstić information content (AvgIpc) is 3.13. The van der Waals surface area contributed by atoms with Crippen molar-refractivity contribution in [1.29, 1.82) is 0 Å². The summed E-state index contributed by atoms with van der Waals surface area (Å²) < 4.78 is 5.20. The van der Waals surface area contributed by atoms with Gasteiger partial charge in [0.2, 0.25) is 0 Å². The monoisotopic (exact) mass is 486 g/mol. The largest absolute Gasteiger partial charge is 0.497 e. The number of fused-ring (bicyclic) bond motifs is 1. The number of anilines is 1. The van der Waals surface area contributed by atoms with Gasteiger partial charge in [-0.15, -0.1) is 0 Å². The minimum absolute atomic E-state index is 0.443. The minimum Gasteiger partial charge on any atom is -0.497 e. The molecule has 4 fully saturated rings. The third kappa shape index (κ3) is 5.01. The zero-order valence-electron chi connectivity index (χ0n) is 20.2. The van der Waals surface area contributed by atoms with Gasteiger partial charge in [0.05, 0.1) is 7.11 Å². The predicted octanol–water partition coefficient (Wildman–Crippen LogP) is 0.817. The zero-order valence-corrected chi connectivity index (χ0v) is 20.2. The van der Waals surface area contributed by atoms with E-state index in [9.17, 15) is 14.4 Å². The molecule has 4 heterocycles. The maximum atomic E-state index is 13.0. The Morgan fingerprint density at radius 1 is 1.00 bits per heavy atom. The molecular formula is C24H34N6O5. The number of nitrogens with zero attached hydrogens (tertiary/aromatic N) is 5. The van der Waals surface area contributed by atoms with Crippen molar-refractivity contribution in [2.24, 2.45) is 5.92 Å². The fourth-order valence-electron chi connectivity index (χ4n) is 5.38. The number of urea groups is 1. The summed E-state index contributed by atoms with van der Waals surface area (Å²) in [6, 6.07) is 6.66. The number of piperidine rings is 1. The Kier molecular flexibility index (Phi) is 6.96. The number of amides is 4. The Labute approximate surface area is 205 Å². The van der Waals surface area contributed by atoms with Crippen LogP contribution in [0.5, 0.6) is 5.75 Å². The van der Waals surface area contributed by atoms with Gasteiger partial charge in [-0.2, -0.15) is 0 Å². The molecule has 4 amide bonds. The highest BCUT2D eigenvalue weighted by molar-refractivity contribution is 6.04. The second kappa shape index (κ2) is 10.3. The Morgan fingerprint density at radius 2 is 1.71 bits per heavy atom. The van der Waals surface area contributed by atoms with Gasteiger partial charge in [-0.1, -0.05) is 5.06 Å². The van der Waals surface area contributed by atoms with Crippen LogP contribution in [0.1, 0.15) is 12.8 Å². The lowest BCUT2D eigenvalue weighted by Gasteiger charge is -2.37. The van der Waals surface area contributed by atoms with Crippen LogP contribution < -0.4 is 15.0 Å².